The fraction of sp³-hybridized carbons (Fsp3) is 0.611. The highest BCUT2D eigenvalue weighted by molar-refractivity contribution is 7.10. The molecular weight excluding hydrogens is 340 g/mol. The van der Waals surface area contributed by atoms with Crippen molar-refractivity contribution in [1.82, 2.24) is 4.90 Å². The summed E-state index contributed by atoms with van der Waals surface area (Å²) >= 11 is 1.56. The summed E-state index contributed by atoms with van der Waals surface area (Å²) in [6, 6.07) is 3.70. The Bertz CT molecular complexity index is 675. The van der Waals surface area contributed by atoms with Gasteiger partial charge in [-0.15, -0.1) is 11.3 Å². The molecule has 0 bridgehead atoms. The molecule has 6 nitrogen and oxygen atoms in total. The zero-order valence-electron chi connectivity index (χ0n) is 14.9. The van der Waals surface area contributed by atoms with Crippen molar-refractivity contribution in [3.8, 4) is 0 Å². The number of quaternary nitrogens is 1. The Balaban J connectivity index is 2.11. The van der Waals surface area contributed by atoms with E-state index in [0.29, 0.717) is 13.0 Å². The average molecular weight is 365 g/mol. The molecule has 2 aliphatic rings. The molecule has 3 rings (SSSR count). The van der Waals surface area contributed by atoms with Crippen LogP contribution in [-0.2, 0) is 19.1 Å². The molecule has 1 aromatic heterocycles. The van der Waals surface area contributed by atoms with E-state index in [-0.39, 0.29) is 30.4 Å². The zero-order valence-corrected chi connectivity index (χ0v) is 15.7. The Kier molecular flexibility index (Phi) is 4.97. The van der Waals surface area contributed by atoms with Crippen molar-refractivity contribution in [3.05, 3.63) is 22.4 Å². The highest BCUT2D eigenvalue weighted by Gasteiger charge is 2.72. The molecule has 25 heavy (non-hydrogen) atoms. The van der Waals surface area contributed by atoms with E-state index in [1.165, 1.54) is 4.90 Å². The largest absolute Gasteiger partial charge is 0.461 e. The number of thiophene rings is 1. The highest BCUT2D eigenvalue weighted by atomic mass is 32.1. The SMILES string of the molecule is CCC[C@]1(C(=O)OCC)[NH2+][C@@H](c2cccs2)[C@H]2C(=O)N(CC)C(=O)[C@H]21. The highest BCUT2D eigenvalue weighted by Crippen LogP contribution is 2.46. The maximum absolute atomic E-state index is 13.0. The first-order chi connectivity index (χ1) is 12.0. The van der Waals surface area contributed by atoms with Crippen LogP contribution in [0.1, 0.15) is 44.5 Å². The van der Waals surface area contributed by atoms with Crippen LogP contribution in [0.5, 0.6) is 0 Å². The first-order valence-corrected chi connectivity index (χ1v) is 9.81. The summed E-state index contributed by atoms with van der Waals surface area (Å²) in [5.41, 5.74) is -1.01. The average Bonchev–Trinajstić information content (AvgIpc) is 3.26. The Morgan fingerprint density at radius 3 is 2.64 bits per heavy atom. The van der Waals surface area contributed by atoms with Crippen molar-refractivity contribution in [1.29, 1.82) is 0 Å². The fourth-order valence-corrected chi connectivity index (χ4v) is 5.29. The van der Waals surface area contributed by atoms with E-state index in [0.717, 1.165) is 11.3 Å². The van der Waals surface area contributed by atoms with Gasteiger partial charge in [0.15, 0.2) is 0 Å². The van der Waals surface area contributed by atoms with Gasteiger partial charge < -0.3 is 10.1 Å². The van der Waals surface area contributed by atoms with Gasteiger partial charge in [0.05, 0.1) is 11.5 Å². The van der Waals surface area contributed by atoms with Gasteiger partial charge in [0, 0.05) is 13.0 Å². The van der Waals surface area contributed by atoms with Crippen LogP contribution in [0.2, 0.25) is 0 Å². The van der Waals surface area contributed by atoms with Crippen LogP contribution in [-0.4, -0.2) is 41.4 Å². The molecule has 2 N–H and O–H groups in total. The smallest absolute Gasteiger partial charge is 0.368 e. The van der Waals surface area contributed by atoms with Crippen LogP contribution in [0, 0.1) is 11.8 Å². The van der Waals surface area contributed by atoms with Gasteiger partial charge in [0.1, 0.15) is 17.9 Å². The number of carbonyl (C=O) groups is 3. The van der Waals surface area contributed by atoms with Crippen LogP contribution in [0.4, 0.5) is 0 Å². The topological polar surface area (TPSA) is 80.3 Å². The van der Waals surface area contributed by atoms with Gasteiger partial charge in [-0.3, -0.25) is 14.5 Å². The number of esters is 1. The minimum absolute atomic E-state index is 0.158. The van der Waals surface area contributed by atoms with E-state index in [2.05, 4.69) is 0 Å². The molecule has 0 radical (unpaired) electrons. The minimum atomic E-state index is -1.01. The molecule has 3 heterocycles. The molecule has 2 amide bonds. The van der Waals surface area contributed by atoms with E-state index in [1.807, 2.05) is 29.8 Å². The van der Waals surface area contributed by atoms with Crippen molar-refractivity contribution < 1.29 is 24.4 Å². The molecule has 0 unspecified atom stereocenters. The molecule has 0 saturated carbocycles. The number of likely N-dealkylation sites (tertiary alicyclic amines) is 1. The minimum Gasteiger partial charge on any atom is -0.461 e. The molecule has 136 valence electrons. The van der Waals surface area contributed by atoms with Crippen molar-refractivity contribution in [2.24, 2.45) is 11.8 Å². The van der Waals surface area contributed by atoms with Crippen molar-refractivity contribution in [3.63, 3.8) is 0 Å². The van der Waals surface area contributed by atoms with Crippen LogP contribution >= 0.6 is 11.3 Å². The number of fused-ring (bicyclic) bond motifs is 1. The molecule has 7 heteroatoms. The quantitative estimate of drug-likeness (QED) is 0.604. The van der Waals surface area contributed by atoms with Crippen molar-refractivity contribution in [2.75, 3.05) is 13.2 Å². The number of hydrogen-bond donors (Lipinski definition) is 1. The summed E-state index contributed by atoms with van der Waals surface area (Å²) in [4.78, 5) is 41.2. The van der Waals surface area contributed by atoms with E-state index < -0.39 is 17.4 Å². The number of carbonyl (C=O) groups excluding carboxylic acids is 3. The Morgan fingerprint density at radius 1 is 1.32 bits per heavy atom. The number of ether oxygens (including phenoxy) is 1. The molecule has 0 aliphatic carbocycles. The Morgan fingerprint density at radius 2 is 2.08 bits per heavy atom. The zero-order chi connectivity index (χ0) is 18.2. The summed E-state index contributed by atoms with van der Waals surface area (Å²) in [5.74, 6) is -1.90. The van der Waals surface area contributed by atoms with E-state index in [4.69, 9.17) is 4.74 Å². The molecule has 0 spiro atoms. The number of nitrogens with two attached hydrogens (primary N) is 1. The maximum Gasteiger partial charge on any atom is 0.368 e. The first-order valence-electron chi connectivity index (χ1n) is 8.93. The molecular formula is C18H25N2O4S+. The lowest BCUT2D eigenvalue weighted by atomic mass is 9.77. The summed E-state index contributed by atoms with van der Waals surface area (Å²) in [6.45, 7) is 6.15. The predicted molar refractivity (Wildman–Crippen MR) is 92.6 cm³/mol. The van der Waals surface area contributed by atoms with Gasteiger partial charge in [0.2, 0.25) is 17.4 Å². The molecule has 2 fully saturated rings. The van der Waals surface area contributed by atoms with Gasteiger partial charge in [-0.2, -0.15) is 0 Å². The van der Waals surface area contributed by atoms with Gasteiger partial charge in [-0.1, -0.05) is 13.0 Å². The second-order valence-electron chi connectivity index (χ2n) is 6.64. The third-order valence-electron chi connectivity index (χ3n) is 5.37. The van der Waals surface area contributed by atoms with E-state index >= 15 is 0 Å². The number of rotatable bonds is 6. The van der Waals surface area contributed by atoms with Crippen LogP contribution < -0.4 is 5.32 Å². The van der Waals surface area contributed by atoms with Crippen molar-refractivity contribution in [2.45, 2.75) is 45.2 Å². The lowest BCUT2D eigenvalue weighted by Gasteiger charge is -2.29. The lowest BCUT2D eigenvalue weighted by Crippen LogP contribution is -2.98. The molecule has 2 aliphatic heterocycles. The van der Waals surface area contributed by atoms with Gasteiger partial charge in [-0.05, 0) is 31.7 Å². The summed E-state index contributed by atoms with van der Waals surface area (Å²) in [6.07, 6.45) is 1.26. The standard InChI is InChI=1S/C18H24N2O4S/c1-4-9-18(17(23)24-6-3)13-12(15(21)20(5-2)16(13)22)14(19-18)11-8-7-10-25-11/h7-8,10,12-14,19H,4-6,9H2,1-3H3/p+1/t12-,13-,14-,18-/m0/s1. The Hall–Kier alpha value is -1.73. The number of nitrogens with zero attached hydrogens (tertiary/aromatic N) is 1. The number of imide groups is 1. The number of hydrogen-bond acceptors (Lipinski definition) is 5. The number of amides is 2. The van der Waals surface area contributed by atoms with E-state index in [1.54, 1.807) is 25.2 Å². The normalized spacial score (nSPS) is 31.5. The summed E-state index contributed by atoms with van der Waals surface area (Å²) in [7, 11) is 0. The fourth-order valence-electron chi connectivity index (χ4n) is 4.45. The van der Waals surface area contributed by atoms with E-state index in [9.17, 15) is 14.4 Å². The molecule has 2 saturated heterocycles. The third kappa shape index (κ3) is 2.60. The van der Waals surface area contributed by atoms with Crippen LogP contribution in [0.15, 0.2) is 17.5 Å². The van der Waals surface area contributed by atoms with Crippen LogP contribution in [0.25, 0.3) is 0 Å². The summed E-state index contributed by atoms with van der Waals surface area (Å²) < 4.78 is 5.36. The first kappa shape index (κ1) is 18.1. The maximum atomic E-state index is 13.0. The molecule has 0 aromatic carbocycles. The second-order valence-corrected chi connectivity index (χ2v) is 7.62. The third-order valence-corrected chi connectivity index (χ3v) is 6.34. The summed E-state index contributed by atoms with van der Waals surface area (Å²) in [5, 5.41) is 3.90. The van der Waals surface area contributed by atoms with Gasteiger partial charge in [-0.25, -0.2) is 4.79 Å². The Labute approximate surface area is 151 Å². The molecule has 1 aromatic rings. The van der Waals surface area contributed by atoms with Gasteiger partial charge in [0.25, 0.3) is 0 Å². The van der Waals surface area contributed by atoms with Crippen molar-refractivity contribution >= 4 is 29.1 Å². The van der Waals surface area contributed by atoms with Gasteiger partial charge >= 0.3 is 5.97 Å². The second kappa shape index (κ2) is 6.88. The monoisotopic (exact) mass is 365 g/mol. The molecule has 4 atom stereocenters. The predicted octanol–water partition coefficient (Wildman–Crippen LogP) is 1.09. The lowest BCUT2D eigenvalue weighted by molar-refractivity contribution is -0.734. The van der Waals surface area contributed by atoms with Crippen LogP contribution in [0.3, 0.4) is 0 Å².